The van der Waals surface area contributed by atoms with E-state index in [0.717, 1.165) is 11.1 Å². The van der Waals surface area contributed by atoms with Crippen LogP contribution in [0, 0.1) is 0 Å². The molecule has 0 fully saturated rings. The topological polar surface area (TPSA) is 92.4 Å². The Labute approximate surface area is 120 Å². The number of rotatable bonds is 2. The van der Waals surface area contributed by atoms with Crippen molar-refractivity contribution in [3.8, 4) is 0 Å². The van der Waals surface area contributed by atoms with Gasteiger partial charge in [-0.15, -0.1) is 0 Å². The summed E-state index contributed by atoms with van der Waals surface area (Å²) in [6.07, 6.45) is 1.73. The maximum Gasteiger partial charge on any atom is 0.335 e. The average Bonchev–Trinajstić information content (AvgIpc) is 2.75. The Morgan fingerprint density at radius 2 is 1.86 bits per heavy atom. The highest BCUT2D eigenvalue weighted by Crippen LogP contribution is 2.34. The van der Waals surface area contributed by atoms with E-state index in [9.17, 15) is 9.59 Å². The molecule has 5 heteroatoms. The molecule has 0 aromatic heterocycles. The summed E-state index contributed by atoms with van der Waals surface area (Å²) >= 11 is 0. The minimum atomic E-state index is -0.978. The van der Waals surface area contributed by atoms with Crippen LogP contribution in [0.4, 0.5) is 11.4 Å². The Morgan fingerprint density at radius 1 is 1.14 bits per heavy atom. The van der Waals surface area contributed by atoms with E-state index in [-0.39, 0.29) is 11.5 Å². The summed E-state index contributed by atoms with van der Waals surface area (Å²) in [5.41, 5.74) is 9.26. The van der Waals surface area contributed by atoms with Crippen molar-refractivity contribution in [1.82, 2.24) is 0 Å². The fraction of sp³-hybridized carbons (Fsp3) is 0. The molecule has 5 nitrogen and oxygen atoms in total. The molecule has 0 spiro atoms. The van der Waals surface area contributed by atoms with Crippen LogP contribution in [-0.2, 0) is 4.79 Å². The van der Waals surface area contributed by atoms with Gasteiger partial charge in [-0.3, -0.25) is 4.79 Å². The number of aromatic carboxylic acids is 1. The molecule has 0 atom stereocenters. The number of carboxylic acid groups (broad SMARTS) is 1. The molecule has 2 aromatic rings. The first-order valence-corrected chi connectivity index (χ1v) is 6.31. The number of nitrogen functional groups attached to an aromatic ring is 1. The molecular formula is C16H12N2O3. The maximum absolute atomic E-state index is 12.0. The van der Waals surface area contributed by atoms with Crippen molar-refractivity contribution >= 4 is 34.9 Å². The molecule has 0 radical (unpaired) electrons. The Hall–Kier alpha value is -3.08. The van der Waals surface area contributed by atoms with E-state index >= 15 is 0 Å². The van der Waals surface area contributed by atoms with Crippen LogP contribution < -0.4 is 11.1 Å². The quantitative estimate of drug-likeness (QED) is 0.582. The van der Waals surface area contributed by atoms with Crippen molar-refractivity contribution in [2.75, 3.05) is 11.1 Å². The lowest BCUT2D eigenvalue weighted by molar-refractivity contribution is -0.110. The van der Waals surface area contributed by atoms with Gasteiger partial charge in [0.05, 0.1) is 11.3 Å². The molecule has 3 rings (SSSR count). The third kappa shape index (κ3) is 2.36. The summed E-state index contributed by atoms with van der Waals surface area (Å²) in [5, 5.41) is 11.6. The summed E-state index contributed by atoms with van der Waals surface area (Å²) in [4.78, 5) is 22.8. The van der Waals surface area contributed by atoms with Gasteiger partial charge >= 0.3 is 5.97 Å². The van der Waals surface area contributed by atoms with Crippen LogP contribution in [0.25, 0.3) is 11.6 Å². The zero-order chi connectivity index (χ0) is 15.0. The molecule has 1 aliphatic rings. The van der Waals surface area contributed by atoms with Crippen molar-refractivity contribution in [3.63, 3.8) is 0 Å². The van der Waals surface area contributed by atoms with Crippen molar-refractivity contribution in [1.29, 1.82) is 0 Å². The highest BCUT2D eigenvalue weighted by molar-refractivity contribution is 6.35. The lowest BCUT2D eigenvalue weighted by Gasteiger charge is -2.00. The normalized spacial score (nSPS) is 14.9. The molecule has 21 heavy (non-hydrogen) atoms. The van der Waals surface area contributed by atoms with Crippen LogP contribution in [0.2, 0.25) is 0 Å². The zero-order valence-electron chi connectivity index (χ0n) is 11.0. The van der Waals surface area contributed by atoms with Gasteiger partial charge < -0.3 is 16.2 Å². The van der Waals surface area contributed by atoms with Crippen LogP contribution in [0.3, 0.4) is 0 Å². The Bertz CT molecular complexity index is 777. The Morgan fingerprint density at radius 3 is 2.52 bits per heavy atom. The number of nitrogens with two attached hydrogens (primary N) is 1. The number of nitrogens with one attached hydrogen (secondary N) is 1. The van der Waals surface area contributed by atoms with E-state index in [0.29, 0.717) is 16.9 Å². The first kappa shape index (κ1) is 12.9. The van der Waals surface area contributed by atoms with Gasteiger partial charge in [-0.1, -0.05) is 18.2 Å². The van der Waals surface area contributed by atoms with E-state index in [1.807, 2.05) is 0 Å². The van der Waals surface area contributed by atoms with Gasteiger partial charge in [-0.2, -0.15) is 0 Å². The van der Waals surface area contributed by atoms with Crippen molar-refractivity contribution < 1.29 is 14.7 Å². The molecule has 2 aromatic carbocycles. The van der Waals surface area contributed by atoms with Crippen LogP contribution in [0.1, 0.15) is 21.5 Å². The minimum absolute atomic E-state index is 0.196. The highest BCUT2D eigenvalue weighted by atomic mass is 16.4. The number of fused-ring (bicyclic) bond motifs is 1. The maximum atomic E-state index is 12.0. The molecule has 0 unspecified atom stereocenters. The summed E-state index contributed by atoms with van der Waals surface area (Å²) in [5.74, 6) is -1.17. The third-order valence-electron chi connectivity index (χ3n) is 3.30. The Kier molecular flexibility index (Phi) is 2.95. The summed E-state index contributed by atoms with van der Waals surface area (Å²) in [7, 11) is 0. The molecule has 0 saturated carbocycles. The predicted molar refractivity (Wildman–Crippen MR) is 80.8 cm³/mol. The Balaban J connectivity index is 2.00. The van der Waals surface area contributed by atoms with Crippen molar-refractivity contribution in [2.45, 2.75) is 0 Å². The predicted octanol–water partition coefficient (Wildman–Crippen LogP) is 2.46. The zero-order valence-corrected chi connectivity index (χ0v) is 11.0. The van der Waals surface area contributed by atoms with Crippen molar-refractivity contribution in [3.05, 3.63) is 59.2 Å². The van der Waals surface area contributed by atoms with Gasteiger partial charge in [-0.25, -0.2) is 4.79 Å². The van der Waals surface area contributed by atoms with Gasteiger partial charge in [-0.05, 0) is 35.9 Å². The monoisotopic (exact) mass is 280 g/mol. The first-order valence-electron chi connectivity index (χ1n) is 6.31. The number of anilines is 2. The van der Waals surface area contributed by atoms with E-state index < -0.39 is 5.97 Å². The molecule has 0 aliphatic carbocycles. The number of carbonyl (C=O) groups is 2. The smallest absolute Gasteiger partial charge is 0.335 e. The number of hydrogen-bond donors (Lipinski definition) is 3. The summed E-state index contributed by atoms with van der Waals surface area (Å²) in [6.45, 7) is 0. The van der Waals surface area contributed by atoms with E-state index in [1.165, 1.54) is 12.1 Å². The second kappa shape index (κ2) is 4.79. The average molecular weight is 280 g/mol. The number of hydrogen-bond acceptors (Lipinski definition) is 3. The molecule has 1 aliphatic heterocycles. The lowest BCUT2D eigenvalue weighted by Crippen LogP contribution is -2.03. The summed E-state index contributed by atoms with van der Waals surface area (Å²) < 4.78 is 0. The minimum Gasteiger partial charge on any atom is -0.478 e. The van der Waals surface area contributed by atoms with Crippen LogP contribution in [-0.4, -0.2) is 17.0 Å². The van der Waals surface area contributed by atoms with Crippen molar-refractivity contribution in [2.24, 2.45) is 0 Å². The second-order valence-corrected chi connectivity index (χ2v) is 4.74. The third-order valence-corrected chi connectivity index (χ3v) is 3.30. The molecule has 4 N–H and O–H groups in total. The highest BCUT2D eigenvalue weighted by Gasteiger charge is 2.23. The van der Waals surface area contributed by atoms with Gasteiger partial charge in [0, 0.05) is 16.8 Å². The van der Waals surface area contributed by atoms with Gasteiger partial charge in [0.15, 0.2) is 0 Å². The van der Waals surface area contributed by atoms with Crippen LogP contribution in [0.5, 0.6) is 0 Å². The van der Waals surface area contributed by atoms with E-state index in [2.05, 4.69) is 5.32 Å². The fourth-order valence-electron chi connectivity index (χ4n) is 2.24. The summed E-state index contributed by atoms with van der Waals surface area (Å²) in [6, 6.07) is 11.6. The van der Waals surface area contributed by atoms with Crippen LogP contribution >= 0.6 is 0 Å². The first-order chi connectivity index (χ1) is 10.0. The number of benzene rings is 2. The van der Waals surface area contributed by atoms with Gasteiger partial charge in [0.2, 0.25) is 0 Å². The van der Waals surface area contributed by atoms with E-state index in [4.69, 9.17) is 10.8 Å². The second-order valence-electron chi connectivity index (χ2n) is 4.74. The van der Waals surface area contributed by atoms with Gasteiger partial charge in [0.25, 0.3) is 5.91 Å². The number of carboxylic acids is 1. The van der Waals surface area contributed by atoms with E-state index in [1.54, 1.807) is 36.4 Å². The molecular weight excluding hydrogens is 268 g/mol. The van der Waals surface area contributed by atoms with Crippen LogP contribution in [0.15, 0.2) is 42.5 Å². The fourth-order valence-corrected chi connectivity index (χ4v) is 2.24. The SMILES string of the molecule is Nc1ccc2c(c1)NC(=O)/C2=C/c1ccc(C(=O)O)cc1. The molecule has 104 valence electrons. The molecule has 0 bridgehead atoms. The standard InChI is InChI=1S/C16H12N2O3/c17-11-5-6-12-13(15(19)18-14(12)8-11)7-9-1-3-10(4-2-9)16(20)21/h1-8H,17H2,(H,18,19)(H,20,21)/b13-7+. The number of carbonyl (C=O) groups excluding carboxylic acids is 1. The molecule has 1 amide bonds. The molecule has 0 saturated heterocycles. The largest absolute Gasteiger partial charge is 0.478 e. The molecule has 1 heterocycles. The van der Waals surface area contributed by atoms with Gasteiger partial charge in [0.1, 0.15) is 0 Å². The number of amides is 1. The lowest BCUT2D eigenvalue weighted by atomic mass is 10.0.